The number of carbonyl (C=O) groups excluding carboxylic acids is 2. The van der Waals surface area contributed by atoms with Gasteiger partial charge < -0.3 is 23.7 Å². The molecule has 2 fully saturated rings. The summed E-state index contributed by atoms with van der Waals surface area (Å²) < 4.78 is 29.4. The quantitative estimate of drug-likeness (QED) is 0.502. The molecule has 2 saturated heterocycles. The Balaban J connectivity index is 2.24. The molecular formula is C14H19IO7. The summed E-state index contributed by atoms with van der Waals surface area (Å²) in [4.78, 5) is 22.7. The first kappa shape index (κ1) is 17.5. The van der Waals surface area contributed by atoms with Gasteiger partial charge in [0, 0.05) is 17.9 Å². The van der Waals surface area contributed by atoms with Crippen molar-refractivity contribution in [1.82, 2.24) is 0 Å². The van der Waals surface area contributed by atoms with Gasteiger partial charge in [-0.3, -0.25) is 9.59 Å². The molecular weight excluding hydrogens is 407 g/mol. The first-order valence-electron chi connectivity index (χ1n) is 6.86. The van der Waals surface area contributed by atoms with Gasteiger partial charge in [0.1, 0.15) is 11.9 Å². The number of carbonyl (C=O) groups is 2. The highest BCUT2D eigenvalue weighted by Crippen LogP contribution is 2.37. The lowest BCUT2D eigenvalue weighted by molar-refractivity contribution is -0.173. The van der Waals surface area contributed by atoms with Crippen molar-refractivity contribution in [2.75, 3.05) is 6.61 Å². The minimum absolute atomic E-state index is 0.302. The number of ether oxygens (including phenoxy) is 5. The summed E-state index contributed by atoms with van der Waals surface area (Å²) >= 11 is 1.98. The second-order valence-corrected chi connectivity index (χ2v) is 6.19. The minimum Gasteiger partial charge on any atom is -0.483 e. The Hall–Kier alpha value is -0.870. The van der Waals surface area contributed by atoms with Crippen molar-refractivity contribution in [2.45, 2.75) is 57.9 Å². The molecule has 0 saturated carbocycles. The van der Waals surface area contributed by atoms with Gasteiger partial charge in [-0.15, -0.1) is 0 Å². The Morgan fingerprint density at radius 2 is 1.91 bits per heavy atom. The number of esters is 2. The molecule has 0 unspecified atom stereocenters. The Labute approximate surface area is 142 Å². The van der Waals surface area contributed by atoms with Crippen molar-refractivity contribution < 1.29 is 33.3 Å². The van der Waals surface area contributed by atoms with Gasteiger partial charge in [0.25, 0.3) is 0 Å². The summed E-state index contributed by atoms with van der Waals surface area (Å²) in [6, 6.07) is 0. The third-order valence-electron chi connectivity index (χ3n) is 3.27. The first-order valence-corrected chi connectivity index (χ1v) is 8.11. The second-order valence-electron chi connectivity index (χ2n) is 5.57. The van der Waals surface area contributed by atoms with Crippen LogP contribution in [0.3, 0.4) is 0 Å². The summed E-state index contributed by atoms with van der Waals surface area (Å²) in [6.07, 6.45) is -2.58. The van der Waals surface area contributed by atoms with E-state index < -0.39 is 42.1 Å². The van der Waals surface area contributed by atoms with Crippen molar-refractivity contribution in [1.29, 1.82) is 0 Å². The summed E-state index contributed by atoms with van der Waals surface area (Å²) in [5.74, 6) is -1.27. The van der Waals surface area contributed by atoms with Crippen LogP contribution in [-0.4, -0.2) is 48.7 Å². The van der Waals surface area contributed by atoms with Crippen LogP contribution in [0.5, 0.6) is 0 Å². The highest BCUT2D eigenvalue weighted by molar-refractivity contribution is 14.1. The molecule has 4 atom stereocenters. The highest BCUT2D eigenvalue weighted by Gasteiger charge is 2.53. The van der Waals surface area contributed by atoms with E-state index in [0.717, 1.165) is 0 Å². The number of rotatable bonds is 3. The van der Waals surface area contributed by atoms with Crippen LogP contribution in [0, 0.1) is 0 Å². The van der Waals surface area contributed by atoms with Gasteiger partial charge in [-0.05, 0) is 36.4 Å². The van der Waals surface area contributed by atoms with Crippen LogP contribution in [0.15, 0.2) is 9.84 Å². The number of halogens is 1. The fraction of sp³-hybridized carbons (Fsp3) is 0.714. The zero-order chi connectivity index (χ0) is 16.5. The van der Waals surface area contributed by atoms with Crippen LogP contribution >= 0.6 is 22.6 Å². The second kappa shape index (κ2) is 6.71. The van der Waals surface area contributed by atoms with E-state index in [-0.39, 0.29) is 0 Å². The molecule has 0 aromatic heterocycles. The van der Waals surface area contributed by atoms with Crippen LogP contribution in [0.25, 0.3) is 0 Å². The molecule has 2 aliphatic rings. The monoisotopic (exact) mass is 426 g/mol. The van der Waals surface area contributed by atoms with E-state index in [1.54, 1.807) is 17.9 Å². The Morgan fingerprint density at radius 1 is 1.27 bits per heavy atom. The lowest BCUT2D eigenvalue weighted by atomic mass is 10.1. The van der Waals surface area contributed by atoms with Crippen LogP contribution in [-0.2, 0) is 33.3 Å². The van der Waals surface area contributed by atoms with E-state index in [4.69, 9.17) is 23.7 Å². The maximum absolute atomic E-state index is 11.4. The Morgan fingerprint density at radius 3 is 2.36 bits per heavy atom. The molecule has 0 aromatic carbocycles. The van der Waals surface area contributed by atoms with E-state index in [1.165, 1.54) is 13.8 Å². The standard InChI is InChI=1S/C14H19IO7/c1-7(16)19-11-9(5-15)21-12(13(11)20-8(2)17)10-6-18-14(3,4)22-10/h5,10-13H,6H2,1-4H3/b9-5+/t10-,11+,12-,13-/m1/s1. The van der Waals surface area contributed by atoms with Crippen LogP contribution in [0.4, 0.5) is 0 Å². The minimum atomic E-state index is -0.782. The van der Waals surface area contributed by atoms with Crippen LogP contribution in [0.2, 0.25) is 0 Å². The van der Waals surface area contributed by atoms with Gasteiger partial charge in [0.2, 0.25) is 0 Å². The predicted molar refractivity (Wildman–Crippen MR) is 83.0 cm³/mol. The van der Waals surface area contributed by atoms with Gasteiger partial charge in [-0.25, -0.2) is 0 Å². The molecule has 0 radical (unpaired) electrons. The summed E-state index contributed by atoms with van der Waals surface area (Å²) in [6.45, 7) is 6.48. The third kappa shape index (κ3) is 3.90. The predicted octanol–water partition coefficient (Wildman–Crippen LogP) is 1.68. The molecule has 2 aliphatic heterocycles. The van der Waals surface area contributed by atoms with Crippen LogP contribution in [0.1, 0.15) is 27.7 Å². The maximum atomic E-state index is 11.4. The highest BCUT2D eigenvalue weighted by atomic mass is 127. The van der Waals surface area contributed by atoms with E-state index in [9.17, 15) is 9.59 Å². The largest absolute Gasteiger partial charge is 0.483 e. The molecule has 7 nitrogen and oxygen atoms in total. The van der Waals surface area contributed by atoms with Gasteiger partial charge >= 0.3 is 11.9 Å². The first-order chi connectivity index (χ1) is 10.2. The molecule has 0 bridgehead atoms. The smallest absolute Gasteiger partial charge is 0.303 e. The van der Waals surface area contributed by atoms with Crippen LogP contribution < -0.4 is 0 Å². The molecule has 8 heteroatoms. The molecule has 2 rings (SSSR count). The van der Waals surface area contributed by atoms with Crippen molar-refractivity contribution in [3.8, 4) is 0 Å². The molecule has 0 aromatic rings. The number of hydrogen-bond acceptors (Lipinski definition) is 7. The van der Waals surface area contributed by atoms with Crippen molar-refractivity contribution in [2.24, 2.45) is 0 Å². The van der Waals surface area contributed by atoms with E-state index in [0.29, 0.717) is 12.4 Å². The van der Waals surface area contributed by atoms with Gasteiger partial charge in [0.05, 0.1) is 6.61 Å². The summed E-state index contributed by atoms with van der Waals surface area (Å²) in [5.41, 5.74) is 0. The van der Waals surface area contributed by atoms with Gasteiger partial charge in [-0.1, -0.05) is 0 Å². The average Bonchev–Trinajstić information content (AvgIpc) is 2.90. The zero-order valence-electron chi connectivity index (χ0n) is 12.8. The lowest BCUT2D eigenvalue weighted by Gasteiger charge is -2.25. The third-order valence-corrected chi connectivity index (χ3v) is 3.89. The van der Waals surface area contributed by atoms with Gasteiger partial charge in [-0.2, -0.15) is 0 Å². The Kier molecular flexibility index (Phi) is 5.33. The van der Waals surface area contributed by atoms with E-state index >= 15 is 0 Å². The number of hydrogen-bond donors (Lipinski definition) is 0. The fourth-order valence-electron chi connectivity index (χ4n) is 2.50. The SMILES string of the molecule is CC(=O)O[C@H]1[C@@H]([C@H]2COC(C)(C)O2)O/C(=C/I)[C@@H]1OC(C)=O. The lowest BCUT2D eigenvalue weighted by Crippen LogP contribution is -2.44. The fourth-order valence-corrected chi connectivity index (χ4v) is 3.00. The van der Waals surface area contributed by atoms with E-state index in [1.807, 2.05) is 22.6 Å². The molecule has 124 valence electrons. The molecule has 2 heterocycles. The van der Waals surface area contributed by atoms with Crippen molar-refractivity contribution in [3.05, 3.63) is 9.84 Å². The van der Waals surface area contributed by atoms with Crippen molar-refractivity contribution in [3.63, 3.8) is 0 Å². The maximum Gasteiger partial charge on any atom is 0.303 e. The van der Waals surface area contributed by atoms with E-state index in [2.05, 4.69) is 0 Å². The summed E-state index contributed by atoms with van der Waals surface area (Å²) in [7, 11) is 0. The van der Waals surface area contributed by atoms with Crippen molar-refractivity contribution >= 4 is 34.5 Å². The molecule has 0 spiro atoms. The molecule has 0 N–H and O–H groups in total. The molecule has 22 heavy (non-hydrogen) atoms. The Bertz CT molecular complexity index is 488. The summed E-state index contributed by atoms with van der Waals surface area (Å²) in [5, 5.41) is 0. The topological polar surface area (TPSA) is 80.3 Å². The normalized spacial score (nSPS) is 35.2. The molecule has 0 amide bonds. The zero-order valence-corrected chi connectivity index (χ0v) is 15.0. The van der Waals surface area contributed by atoms with Gasteiger partial charge in [0.15, 0.2) is 24.1 Å². The molecule has 0 aliphatic carbocycles. The average molecular weight is 426 g/mol.